The van der Waals surface area contributed by atoms with Crippen LogP contribution in [0.3, 0.4) is 0 Å². The van der Waals surface area contributed by atoms with Gasteiger partial charge in [-0.05, 0) is 0 Å². The minimum atomic E-state index is -0.345. The number of carbonyl (C=O) groups excluding carboxylic acids is 1. The van der Waals surface area contributed by atoms with Crippen molar-refractivity contribution in [3.05, 3.63) is 0 Å². The topological polar surface area (TPSA) is 60.0 Å². The van der Waals surface area contributed by atoms with E-state index in [2.05, 4.69) is 5.32 Å². The van der Waals surface area contributed by atoms with Gasteiger partial charge in [0.15, 0.2) is 0 Å². The second-order valence-electron chi connectivity index (χ2n) is 4.45. The van der Waals surface area contributed by atoms with Gasteiger partial charge in [-0.25, -0.2) is 4.79 Å². The highest BCUT2D eigenvalue weighted by atomic mass is 16.5. The lowest BCUT2D eigenvalue weighted by atomic mass is 10.0. The van der Waals surface area contributed by atoms with Crippen LogP contribution < -0.4 is 5.32 Å². The van der Waals surface area contributed by atoms with Gasteiger partial charge in [0.1, 0.15) is 5.60 Å². The van der Waals surface area contributed by atoms with Crippen molar-refractivity contribution in [2.45, 2.75) is 12.0 Å². The van der Waals surface area contributed by atoms with Gasteiger partial charge < -0.3 is 24.4 Å². The van der Waals surface area contributed by atoms with E-state index in [1.807, 2.05) is 0 Å². The average molecular weight is 244 g/mol. The van der Waals surface area contributed by atoms with Crippen molar-refractivity contribution in [3.63, 3.8) is 0 Å². The third kappa shape index (κ3) is 3.08. The lowest BCUT2D eigenvalue weighted by molar-refractivity contribution is -0.0154. The van der Waals surface area contributed by atoms with Crippen LogP contribution in [-0.2, 0) is 14.2 Å². The standard InChI is InChI=1S/C11H20N2O4/c1-15-11(2-5-17-9-11)8-12-10(14)13-3-6-16-7-4-13/h2-9H2,1H3,(H,12,14). The highest BCUT2D eigenvalue weighted by Gasteiger charge is 2.35. The summed E-state index contributed by atoms with van der Waals surface area (Å²) in [6.07, 6.45) is 0.826. The minimum absolute atomic E-state index is 0.0448. The van der Waals surface area contributed by atoms with Crippen LogP contribution in [0.4, 0.5) is 4.79 Å². The molecule has 0 aromatic rings. The number of ether oxygens (including phenoxy) is 3. The lowest BCUT2D eigenvalue weighted by Crippen LogP contribution is -2.51. The Morgan fingerprint density at radius 2 is 2.12 bits per heavy atom. The Kier molecular flexibility index (Phi) is 4.20. The van der Waals surface area contributed by atoms with E-state index in [9.17, 15) is 4.79 Å². The summed E-state index contributed by atoms with van der Waals surface area (Å²) in [6.45, 7) is 4.29. The monoisotopic (exact) mass is 244 g/mol. The van der Waals surface area contributed by atoms with Crippen LogP contribution in [0.2, 0.25) is 0 Å². The molecule has 6 nitrogen and oxygen atoms in total. The molecular weight excluding hydrogens is 224 g/mol. The maximum absolute atomic E-state index is 11.9. The Morgan fingerprint density at radius 1 is 1.35 bits per heavy atom. The zero-order valence-corrected chi connectivity index (χ0v) is 10.2. The minimum Gasteiger partial charge on any atom is -0.378 e. The van der Waals surface area contributed by atoms with E-state index in [0.29, 0.717) is 46.1 Å². The summed E-state index contributed by atoms with van der Waals surface area (Å²) in [6, 6.07) is -0.0448. The molecule has 2 amide bonds. The van der Waals surface area contributed by atoms with E-state index in [0.717, 1.165) is 6.42 Å². The molecule has 1 atom stereocenters. The zero-order chi connectivity index (χ0) is 12.1. The molecule has 0 saturated carbocycles. The number of nitrogens with one attached hydrogen (secondary N) is 1. The normalized spacial score (nSPS) is 29.4. The number of methoxy groups -OCH3 is 1. The summed E-state index contributed by atoms with van der Waals surface area (Å²) in [5.74, 6) is 0. The molecule has 0 aromatic heterocycles. The van der Waals surface area contributed by atoms with E-state index in [1.165, 1.54) is 0 Å². The Morgan fingerprint density at radius 3 is 2.71 bits per heavy atom. The van der Waals surface area contributed by atoms with Crippen molar-refractivity contribution >= 4 is 6.03 Å². The number of hydrogen-bond donors (Lipinski definition) is 1. The van der Waals surface area contributed by atoms with Crippen molar-refractivity contribution in [3.8, 4) is 0 Å². The van der Waals surface area contributed by atoms with Gasteiger partial charge in [-0.2, -0.15) is 0 Å². The molecule has 2 saturated heterocycles. The Balaban J connectivity index is 1.78. The Labute approximate surface area is 101 Å². The van der Waals surface area contributed by atoms with Crippen LogP contribution in [0.1, 0.15) is 6.42 Å². The molecule has 1 N–H and O–H groups in total. The SMILES string of the molecule is COC1(CNC(=O)N2CCOCC2)CCOC1. The van der Waals surface area contributed by atoms with Gasteiger partial charge in [0.05, 0.1) is 26.4 Å². The van der Waals surface area contributed by atoms with E-state index in [1.54, 1.807) is 12.0 Å². The van der Waals surface area contributed by atoms with Gasteiger partial charge in [0.2, 0.25) is 0 Å². The van der Waals surface area contributed by atoms with Gasteiger partial charge in [-0.15, -0.1) is 0 Å². The van der Waals surface area contributed by atoms with Crippen LogP contribution >= 0.6 is 0 Å². The summed E-state index contributed by atoms with van der Waals surface area (Å²) in [4.78, 5) is 13.6. The molecule has 2 fully saturated rings. The molecule has 0 radical (unpaired) electrons. The first kappa shape index (κ1) is 12.6. The van der Waals surface area contributed by atoms with Crippen molar-refractivity contribution in [1.29, 1.82) is 0 Å². The lowest BCUT2D eigenvalue weighted by Gasteiger charge is -2.30. The molecule has 0 aromatic carbocycles. The number of carbonyl (C=O) groups is 1. The largest absolute Gasteiger partial charge is 0.378 e. The van der Waals surface area contributed by atoms with Crippen LogP contribution in [0.15, 0.2) is 0 Å². The third-order valence-corrected chi connectivity index (χ3v) is 3.36. The van der Waals surface area contributed by atoms with E-state index in [-0.39, 0.29) is 11.6 Å². The number of nitrogens with zero attached hydrogens (tertiary/aromatic N) is 1. The Bertz CT molecular complexity index is 260. The van der Waals surface area contributed by atoms with E-state index >= 15 is 0 Å². The van der Waals surface area contributed by atoms with Crippen LogP contribution in [-0.4, -0.2) is 69.7 Å². The fourth-order valence-electron chi connectivity index (χ4n) is 2.08. The fraction of sp³-hybridized carbons (Fsp3) is 0.909. The predicted molar refractivity (Wildman–Crippen MR) is 61.0 cm³/mol. The van der Waals surface area contributed by atoms with Crippen molar-refractivity contribution in [1.82, 2.24) is 10.2 Å². The molecular formula is C11H20N2O4. The summed E-state index contributed by atoms with van der Waals surface area (Å²) in [5, 5.41) is 2.91. The van der Waals surface area contributed by atoms with Crippen molar-refractivity contribution < 1.29 is 19.0 Å². The summed E-state index contributed by atoms with van der Waals surface area (Å²) in [7, 11) is 1.66. The average Bonchev–Trinajstić information content (AvgIpc) is 2.86. The number of morpholine rings is 1. The molecule has 2 rings (SSSR count). The summed E-state index contributed by atoms with van der Waals surface area (Å²) < 4.78 is 16.0. The quantitative estimate of drug-likeness (QED) is 0.749. The first-order valence-electron chi connectivity index (χ1n) is 5.99. The van der Waals surface area contributed by atoms with E-state index in [4.69, 9.17) is 14.2 Å². The van der Waals surface area contributed by atoms with Crippen LogP contribution in [0.25, 0.3) is 0 Å². The molecule has 0 bridgehead atoms. The molecule has 1 unspecified atom stereocenters. The molecule has 17 heavy (non-hydrogen) atoms. The molecule has 2 aliphatic heterocycles. The Hall–Kier alpha value is -0.850. The number of rotatable bonds is 3. The first-order valence-corrected chi connectivity index (χ1v) is 5.99. The highest BCUT2D eigenvalue weighted by Crippen LogP contribution is 2.21. The molecule has 0 spiro atoms. The smallest absolute Gasteiger partial charge is 0.317 e. The molecule has 2 heterocycles. The first-order chi connectivity index (χ1) is 8.26. The second-order valence-corrected chi connectivity index (χ2v) is 4.45. The molecule has 2 aliphatic rings. The van der Waals surface area contributed by atoms with E-state index < -0.39 is 0 Å². The predicted octanol–water partition coefficient (Wildman–Crippen LogP) is -0.166. The molecule has 0 aliphatic carbocycles. The summed E-state index contributed by atoms with van der Waals surface area (Å²) in [5.41, 5.74) is -0.345. The van der Waals surface area contributed by atoms with Gasteiger partial charge in [-0.1, -0.05) is 0 Å². The number of urea groups is 1. The highest BCUT2D eigenvalue weighted by molar-refractivity contribution is 5.74. The molecule has 6 heteroatoms. The van der Waals surface area contributed by atoms with Gasteiger partial charge in [-0.3, -0.25) is 0 Å². The van der Waals surface area contributed by atoms with Crippen LogP contribution in [0.5, 0.6) is 0 Å². The zero-order valence-electron chi connectivity index (χ0n) is 10.2. The molecule has 98 valence electrons. The van der Waals surface area contributed by atoms with Gasteiger partial charge >= 0.3 is 6.03 Å². The fourth-order valence-corrected chi connectivity index (χ4v) is 2.08. The van der Waals surface area contributed by atoms with Crippen molar-refractivity contribution in [2.24, 2.45) is 0 Å². The number of amides is 2. The maximum atomic E-state index is 11.9. The third-order valence-electron chi connectivity index (χ3n) is 3.36. The van der Waals surface area contributed by atoms with Gasteiger partial charge in [0, 0.05) is 33.2 Å². The second kappa shape index (κ2) is 5.66. The number of hydrogen-bond acceptors (Lipinski definition) is 4. The van der Waals surface area contributed by atoms with Crippen molar-refractivity contribution in [2.75, 3.05) is 53.2 Å². The van der Waals surface area contributed by atoms with Gasteiger partial charge in [0.25, 0.3) is 0 Å². The maximum Gasteiger partial charge on any atom is 0.317 e. The summed E-state index contributed by atoms with van der Waals surface area (Å²) >= 11 is 0. The van der Waals surface area contributed by atoms with Crippen LogP contribution in [0, 0.1) is 0 Å².